The van der Waals surface area contributed by atoms with Gasteiger partial charge in [0.2, 0.25) is 0 Å². The lowest BCUT2D eigenvalue weighted by atomic mass is 10.6. The average molecular weight is 189 g/mol. The predicted octanol–water partition coefficient (Wildman–Crippen LogP) is 1.69. The Hall–Kier alpha value is -0.860. The first-order valence-corrected chi connectivity index (χ1v) is 4.59. The van der Waals surface area contributed by atoms with Gasteiger partial charge in [-0.1, -0.05) is 13.5 Å². The summed E-state index contributed by atoms with van der Waals surface area (Å²) < 4.78 is 4.14. The molecule has 0 saturated carbocycles. The minimum atomic E-state index is -0.394. The van der Waals surface area contributed by atoms with Gasteiger partial charge in [0.1, 0.15) is 0 Å². The van der Waals surface area contributed by atoms with E-state index in [9.17, 15) is 4.79 Å². The maximum absolute atomic E-state index is 9.84. The van der Waals surface area contributed by atoms with Gasteiger partial charge in [0.05, 0.1) is 7.11 Å². The number of rotatable bonds is 3. The summed E-state index contributed by atoms with van der Waals surface area (Å²) in [7, 11) is 1.31. The van der Waals surface area contributed by atoms with Crippen LogP contribution in [0.2, 0.25) is 0 Å². The first-order valence-electron chi connectivity index (χ1n) is 3.51. The highest BCUT2D eigenvalue weighted by Gasteiger charge is 1.81. The summed E-state index contributed by atoms with van der Waals surface area (Å²) in [6.45, 7) is 5.26. The monoisotopic (exact) mass is 189 g/mol. The third-order valence-corrected chi connectivity index (χ3v) is 1.61. The molecule has 70 valence electrons. The second kappa shape index (κ2) is 12.8. The van der Waals surface area contributed by atoms with Crippen LogP contribution in [-0.4, -0.2) is 24.0 Å². The molecule has 0 bridgehead atoms. The van der Waals surface area contributed by atoms with Crippen molar-refractivity contribution in [2.75, 3.05) is 12.9 Å². The van der Waals surface area contributed by atoms with Crippen molar-refractivity contribution < 1.29 is 9.53 Å². The van der Waals surface area contributed by atoms with Crippen molar-refractivity contribution in [1.29, 1.82) is 5.41 Å². The molecule has 0 aromatic heterocycles. The summed E-state index contributed by atoms with van der Waals surface area (Å²) >= 11 is 1.03. The summed E-state index contributed by atoms with van der Waals surface area (Å²) in [5.74, 6) is 0.693. The molecule has 0 aromatic rings. The van der Waals surface area contributed by atoms with Gasteiger partial charge in [0.15, 0.2) is 0 Å². The molecule has 0 unspecified atom stereocenters. The van der Waals surface area contributed by atoms with E-state index in [1.165, 1.54) is 7.11 Å². The molecule has 0 aliphatic rings. The number of esters is 1. The molecule has 0 radical (unpaired) electrons. The van der Waals surface area contributed by atoms with E-state index >= 15 is 0 Å². The van der Waals surface area contributed by atoms with Gasteiger partial charge in [-0.05, 0) is 12.2 Å². The van der Waals surface area contributed by atoms with Crippen LogP contribution in [-0.2, 0) is 9.53 Å². The lowest BCUT2D eigenvalue weighted by molar-refractivity contribution is -0.134. The van der Waals surface area contributed by atoms with Crippen molar-refractivity contribution >= 4 is 22.5 Å². The largest absolute Gasteiger partial charge is 0.466 e. The van der Waals surface area contributed by atoms with Crippen LogP contribution in [0.1, 0.15) is 13.3 Å². The molecular weight excluding hydrogens is 174 g/mol. The highest BCUT2D eigenvalue weighted by Crippen LogP contribution is 1.83. The zero-order valence-corrected chi connectivity index (χ0v) is 8.36. The van der Waals surface area contributed by atoms with Crippen LogP contribution in [0.25, 0.3) is 0 Å². The number of isothiocyanates is 1. The van der Waals surface area contributed by atoms with Crippen LogP contribution in [0.5, 0.6) is 0 Å². The van der Waals surface area contributed by atoms with Gasteiger partial charge in [-0.3, -0.25) is 5.41 Å². The normalized spacial score (nSPS) is 7.17. The topological polar surface area (TPSA) is 50.2 Å². The standard InChI is InChI=1S/C4H9NS.C4H6O2/c1-2-3-6-4-5;1-3-4(5)6-2/h5-6H,2-3H2,1H3;3H,1H2,2H3. The first kappa shape index (κ1) is 13.7. The minimum Gasteiger partial charge on any atom is -0.466 e. The first-order chi connectivity index (χ1) is 5.72. The Morgan fingerprint density at radius 2 is 2.42 bits per heavy atom. The van der Waals surface area contributed by atoms with Crippen molar-refractivity contribution in [3.05, 3.63) is 12.7 Å². The highest BCUT2D eigenvalue weighted by molar-refractivity contribution is 7.96. The molecule has 0 heterocycles. The van der Waals surface area contributed by atoms with Crippen LogP contribution >= 0.6 is 11.4 Å². The van der Waals surface area contributed by atoms with E-state index in [1.54, 1.807) is 0 Å². The van der Waals surface area contributed by atoms with Gasteiger partial charge in [-0.25, -0.2) is 4.79 Å². The van der Waals surface area contributed by atoms with E-state index in [2.05, 4.69) is 23.4 Å². The molecule has 0 aliphatic carbocycles. The summed E-state index contributed by atoms with van der Waals surface area (Å²) in [6.07, 6.45) is 2.27. The molecule has 0 fully saturated rings. The fourth-order valence-electron chi connectivity index (χ4n) is 0.251. The molecular formula is C8H15NO2S. The number of carbonyl (C=O) groups is 1. The van der Waals surface area contributed by atoms with Crippen molar-refractivity contribution in [2.45, 2.75) is 13.3 Å². The van der Waals surface area contributed by atoms with Gasteiger partial charge in [-0.2, -0.15) is 0 Å². The lowest BCUT2D eigenvalue weighted by Crippen LogP contribution is -1.91. The number of carbonyl (C=O) groups excluding carboxylic acids is 1. The molecule has 0 saturated heterocycles. The molecule has 0 rings (SSSR count). The average Bonchev–Trinajstić information content (AvgIpc) is 2.14. The Kier molecular flexibility index (Phi) is 14.6. The molecule has 3 nitrogen and oxygen atoms in total. The zero-order chi connectivity index (χ0) is 9.82. The quantitative estimate of drug-likeness (QED) is 0.233. The molecule has 0 spiro atoms. The highest BCUT2D eigenvalue weighted by atomic mass is 32.1. The SMILES string of the molecule is C=CC(=O)OC.CCC[SH]=C=N. The summed E-state index contributed by atoms with van der Waals surface area (Å²) in [5, 5.41) is 8.73. The Bertz CT molecular complexity index is 174. The minimum absolute atomic E-state index is 0.394. The van der Waals surface area contributed by atoms with Crippen LogP contribution < -0.4 is 0 Å². The molecule has 12 heavy (non-hydrogen) atoms. The zero-order valence-electron chi connectivity index (χ0n) is 7.46. The van der Waals surface area contributed by atoms with E-state index in [0.717, 1.165) is 29.6 Å². The maximum Gasteiger partial charge on any atom is 0.329 e. The lowest BCUT2D eigenvalue weighted by Gasteiger charge is -1.83. The van der Waals surface area contributed by atoms with Crippen molar-refractivity contribution in [2.24, 2.45) is 0 Å². The molecule has 0 amide bonds. The third-order valence-electron chi connectivity index (χ3n) is 0.782. The van der Waals surface area contributed by atoms with E-state index in [1.807, 2.05) is 0 Å². The fraction of sp³-hybridized carbons (Fsp3) is 0.500. The predicted molar refractivity (Wildman–Crippen MR) is 54.1 cm³/mol. The Balaban J connectivity index is 0. The van der Waals surface area contributed by atoms with Gasteiger partial charge in [-0.15, -0.1) is 11.4 Å². The number of nitrogens with one attached hydrogen (secondary N) is 1. The van der Waals surface area contributed by atoms with E-state index in [-0.39, 0.29) is 0 Å². The molecule has 4 heteroatoms. The Morgan fingerprint density at radius 3 is 2.50 bits per heavy atom. The summed E-state index contributed by atoms with van der Waals surface area (Å²) in [6, 6.07) is 0. The maximum atomic E-state index is 9.84. The van der Waals surface area contributed by atoms with E-state index < -0.39 is 5.97 Å². The van der Waals surface area contributed by atoms with Crippen molar-refractivity contribution in [3.63, 3.8) is 0 Å². The van der Waals surface area contributed by atoms with Crippen molar-refractivity contribution in [1.82, 2.24) is 0 Å². The van der Waals surface area contributed by atoms with Crippen LogP contribution in [0.3, 0.4) is 0 Å². The molecule has 0 aliphatic heterocycles. The van der Waals surface area contributed by atoms with E-state index in [4.69, 9.17) is 5.41 Å². The summed E-state index contributed by atoms with van der Waals surface area (Å²) in [5.41, 5.74) is 0. The fourth-order valence-corrected chi connectivity index (χ4v) is 0.586. The van der Waals surface area contributed by atoms with E-state index in [0.29, 0.717) is 0 Å². The van der Waals surface area contributed by atoms with Gasteiger partial charge < -0.3 is 4.74 Å². The van der Waals surface area contributed by atoms with Crippen LogP contribution in [0.15, 0.2) is 12.7 Å². The van der Waals surface area contributed by atoms with Crippen LogP contribution in [0, 0.1) is 5.41 Å². The second-order valence-corrected chi connectivity index (χ2v) is 2.71. The number of thiol groups is 1. The third kappa shape index (κ3) is 16.1. The number of hydrogen-bond acceptors (Lipinski definition) is 3. The number of hydrogen-bond donors (Lipinski definition) is 2. The van der Waals surface area contributed by atoms with Crippen molar-refractivity contribution in [3.8, 4) is 0 Å². The molecule has 1 N–H and O–H groups in total. The molecule has 0 atom stereocenters. The van der Waals surface area contributed by atoms with Gasteiger partial charge >= 0.3 is 5.97 Å². The smallest absolute Gasteiger partial charge is 0.329 e. The number of methoxy groups -OCH3 is 1. The number of ether oxygens (including phenoxy) is 1. The van der Waals surface area contributed by atoms with Gasteiger partial charge in [0.25, 0.3) is 0 Å². The molecule has 0 aromatic carbocycles. The van der Waals surface area contributed by atoms with Gasteiger partial charge in [0, 0.05) is 11.2 Å². The van der Waals surface area contributed by atoms with Crippen LogP contribution in [0.4, 0.5) is 0 Å². The summed E-state index contributed by atoms with van der Waals surface area (Å²) in [4.78, 5) is 9.84. The Morgan fingerprint density at radius 1 is 1.83 bits per heavy atom. The Labute approximate surface area is 76.9 Å². The second-order valence-electron chi connectivity index (χ2n) is 1.72.